The maximum absolute atomic E-state index is 13.0. The van der Waals surface area contributed by atoms with E-state index in [0.29, 0.717) is 16.5 Å². The Morgan fingerprint density at radius 1 is 0.900 bits per heavy atom. The first-order valence-corrected chi connectivity index (χ1v) is 9.28. The second kappa shape index (κ2) is 8.00. The summed E-state index contributed by atoms with van der Waals surface area (Å²) in [6.07, 6.45) is 0. The monoisotopic (exact) mass is 398 g/mol. The Bertz CT molecular complexity index is 1310. The minimum Gasteiger partial charge on any atom is -0.366 e. The van der Waals surface area contributed by atoms with Crippen molar-refractivity contribution in [3.05, 3.63) is 106 Å². The quantitative estimate of drug-likeness (QED) is 0.539. The van der Waals surface area contributed by atoms with E-state index in [1.54, 1.807) is 42.5 Å². The molecule has 2 amide bonds. The van der Waals surface area contributed by atoms with Crippen molar-refractivity contribution in [3.63, 3.8) is 0 Å². The molecule has 0 atom stereocenters. The molecule has 0 saturated carbocycles. The fourth-order valence-electron chi connectivity index (χ4n) is 3.21. The SMILES string of the molecule is NC(=O)c1cccc(NC(=O)c2nn(Cc3ccccc3)c(=O)c3ccccc23)c1. The normalized spacial score (nSPS) is 10.7. The third kappa shape index (κ3) is 3.81. The van der Waals surface area contributed by atoms with Crippen molar-refractivity contribution in [3.8, 4) is 0 Å². The van der Waals surface area contributed by atoms with E-state index in [0.717, 1.165) is 5.56 Å². The number of benzene rings is 3. The van der Waals surface area contributed by atoms with Gasteiger partial charge in [-0.2, -0.15) is 5.10 Å². The molecule has 0 radical (unpaired) electrons. The minimum absolute atomic E-state index is 0.116. The van der Waals surface area contributed by atoms with E-state index in [-0.39, 0.29) is 23.4 Å². The molecule has 1 aromatic heterocycles. The second-order valence-electron chi connectivity index (χ2n) is 6.74. The lowest BCUT2D eigenvalue weighted by molar-refractivity contribution is 0.0995. The number of amides is 2. The number of nitrogens with zero attached hydrogens (tertiary/aromatic N) is 2. The summed E-state index contributed by atoms with van der Waals surface area (Å²) in [6.45, 7) is 0.238. The minimum atomic E-state index is -0.592. The second-order valence-corrected chi connectivity index (χ2v) is 6.74. The van der Waals surface area contributed by atoms with Crippen LogP contribution in [0.3, 0.4) is 0 Å². The zero-order valence-corrected chi connectivity index (χ0v) is 15.9. The van der Waals surface area contributed by atoms with Gasteiger partial charge in [0.15, 0.2) is 5.69 Å². The predicted octanol–water partition coefficient (Wildman–Crippen LogP) is 2.80. The van der Waals surface area contributed by atoms with E-state index in [1.165, 1.54) is 10.7 Å². The van der Waals surface area contributed by atoms with E-state index in [9.17, 15) is 14.4 Å². The van der Waals surface area contributed by atoms with Gasteiger partial charge in [0.05, 0.1) is 11.9 Å². The van der Waals surface area contributed by atoms with Crippen LogP contribution in [-0.2, 0) is 6.54 Å². The molecule has 0 spiro atoms. The summed E-state index contributed by atoms with van der Waals surface area (Å²) >= 11 is 0. The average Bonchev–Trinajstić information content (AvgIpc) is 2.76. The van der Waals surface area contributed by atoms with Gasteiger partial charge in [-0.3, -0.25) is 14.4 Å². The summed E-state index contributed by atoms with van der Waals surface area (Å²) in [4.78, 5) is 37.3. The largest absolute Gasteiger partial charge is 0.366 e. The molecule has 0 aliphatic carbocycles. The van der Waals surface area contributed by atoms with Gasteiger partial charge in [0.1, 0.15) is 0 Å². The van der Waals surface area contributed by atoms with Crippen molar-refractivity contribution < 1.29 is 9.59 Å². The van der Waals surface area contributed by atoms with Gasteiger partial charge in [-0.1, -0.05) is 54.6 Å². The Kier molecular flexibility index (Phi) is 5.09. The lowest BCUT2D eigenvalue weighted by Gasteiger charge is -2.12. The molecule has 0 fully saturated rings. The van der Waals surface area contributed by atoms with Crippen molar-refractivity contribution in [2.24, 2.45) is 5.73 Å². The number of nitrogens with one attached hydrogen (secondary N) is 1. The number of nitrogens with two attached hydrogens (primary N) is 1. The molecular weight excluding hydrogens is 380 g/mol. The molecule has 4 aromatic rings. The van der Waals surface area contributed by atoms with Crippen molar-refractivity contribution in [1.82, 2.24) is 9.78 Å². The van der Waals surface area contributed by atoms with Gasteiger partial charge < -0.3 is 11.1 Å². The topological polar surface area (TPSA) is 107 Å². The predicted molar refractivity (Wildman–Crippen MR) is 114 cm³/mol. The van der Waals surface area contributed by atoms with Crippen LogP contribution in [-0.4, -0.2) is 21.6 Å². The first-order valence-electron chi connectivity index (χ1n) is 9.28. The number of fused-ring (bicyclic) bond motifs is 1. The smallest absolute Gasteiger partial charge is 0.276 e. The highest BCUT2D eigenvalue weighted by Crippen LogP contribution is 2.17. The summed E-state index contributed by atoms with van der Waals surface area (Å²) < 4.78 is 1.28. The highest BCUT2D eigenvalue weighted by molar-refractivity contribution is 6.11. The number of rotatable bonds is 5. The van der Waals surface area contributed by atoms with Gasteiger partial charge in [0, 0.05) is 16.6 Å². The van der Waals surface area contributed by atoms with Gasteiger partial charge in [0.2, 0.25) is 5.91 Å². The van der Waals surface area contributed by atoms with E-state index >= 15 is 0 Å². The number of hydrogen-bond donors (Lipinski definition) is 2. The zero-order valence-electron chi connectivity index (χ0n) is 15.9. The number of anilines is 1. The summed E-state index contributed by atoms with van der Waals surface area (Å²) in [5, 5.41) is 7.94. The van der Waals surface area contributed by atoms with E-state index in [4.69, 9.17) is 5.73 Å². The molecular formula is C23H18N4O3. The number of hydrogen-bond acceptors (Lipinski definition) is 4. The van der Waals surface area contributed by atoms with Crippen molar-refractivity contribution in [2.45, 2.75) is 6.54 Å². The third-order valence-electron chi connectivity index (χ3n) is 4.66. The van der Waals surface area contributed by atoms with Crippen molar-refractivity contribution in [2.75, 3.05) is 5.32 Å². The molecule has 30 heavy (non-hydrogen) atoms. The van der Waals surface area contributed by atoms with Crippen LogP contribution in [0.15, 0.2) is 83.7 Å². The fraction of sp³-hybridized carbons (Fsp3) is 0.0435. The lowest BCUT2D eigenvalue weighted by Crippen LogP contribution is -2.28. The van der Waals surface area contributed by atoms with Crippen LogP contribution in [0.5, 0.6) is 0 Å². The van der Waals surface area contributed by atoms with Crippen molar-refractivity contribution >= 4 is 28.3 Å². The first-order chi connectivity index (χ1) is 14.5. The van der Waals surface area contributed by atoms with Crippen LogP contribution in [0.1, 0.15) is 26.4 Å². The molecule has 0 saturated heterocycles. The standard InChI is InChI=1S/C23H18N4O3/c24-21(28)16-9-6-10-17(13-16)25-22(29)20-18-11-4-5-12-19(18)23(30)27(26-20)14-15-7-2-1-3-8-15/h1-13H,14H2,(H2,24,28)(H,25,29). The summed E-state index contributed by atoms with van der Waals surface area (Å²) in [5.74, 6) is -1.08. The molecule has 0 bridgehead atoms. The molecule has 0 aliphatic heterocycles. The fourth-order valence-corrected chi connectivity index (χ4v) is 3.21. The Morgan fingerprint density at radius 2 is 1.60 bits per heavy atom. The van der Waals surface area contributed by atoms with Gasteiger partial charge >= 0.3 is 0 Å². The zero-order chi connectivity index (χ0) is 21.1. The van der Waals surface area contributed by atoms with Gasteiger partial charge in [-0.05, 0) is 29.8 Å². The summed E-state index contributed by atoms with van der Waals surface area (Å²) in [6, 6.07) is 22.6. The lowest BCUT2D eigenvalue weighted by atomic mass is 10.1. The highest BCUT2D eigenvalue weighted by atomic mass is 16.2. The molecule has 3 N–H and O–H groups in total. The number of primary amides is 1. The molecule has 1 heterocycles. The van der Waals surface area contributed by atoms with Crippen molar-refractivity contribution in [1.29, 1.82) is 0 Å². The third-order valence-corrected chi connectivity index (χ3v) is 4.66. The van der Waals surface area contributed by atoms with E-state index in [2.05, 4.69) is 10.4 Å². The number of aromatic nitrogens is 2. The molecule has 0 unspecified atom stereocenters. The van der Waals surface area contributed by atoms with Gasteiger partial charge in [-0.25, -0.2) is 4.68 Å². The first kappa shape index (κ1) is 19.1. The maximum atomic E-state index is 13.0. The highest BCUT2D eigenvalue weighted by Gasteiger charge is 2.17. The van der Waals surface area contributed by atoms with Gasteiger partial charge in [-0.15, -0.1) is 0 Å². The Balaban J connectivity index is 1.76. The van der Waals surface area contributed by atoms with Crippen LogP contribution in [0.25, 0.3) is 10.8 Å². The van der Waals surface area contributed by atoms with Crippen LogP contribution in [0, 0.1) is 0 Å². The molecule has 4 rings (SSSR count). The average molecular weight is 398 g/mol. The van der Waals surface area contributed by atoms with Crippen LogP contribution in [0.2, 0.25) is 0 Å². The molecule has 3 aromatic carbocycles. The molecule has 0 aliphatic rings. The molecule has 7 nitrogen and oxygen atoms in total. The number of carbonyl (C=O) groups excluding carboxylic acids is 2. The van der Waals surface area contributed by atoms with Crippen LogP contribution >= 0.6 is 0 Å². The number of carbonyl (C=O) groups is 2. The van der Waals surface area contributed by atoms with E-state index < -0.39 is 11.8 Å². The van der Waals surface area contributed by atoms with Crippen LogP contribution < -0.4 is 16.6 Å². The molecule has 7 heteroatoms. The Hall–Kier alpha value is -4.26. The summed E-state index contributed by atoms with van der Waals surface area (Å²) in [5.41, 5.74) is 6.72. The summed E-state index contributed by atoms with van der Waals surface area (Å²) in [7, 11) is 0. The molecule has 148 valence electrons. The van der Waals surface area contributed by atoms with Gasteiger partial charge in [0.25, 0.3) is 11.5 Å². The Morgan fingerprint density at radius 3 is 2.33 bits per heavy atom. The van der Waals surface area contributed by atoms with Crippen LogP contribution in [0.4, 0.5) is 5.69 Å². The Labute approximate surface area is 171 Å². The van der Waals surface area contributed by atoms with E-state index in [1.807, 2.05) is 30.3 Å². The maximum Gasteiger partial charge on any atom is 0.276 e.